The molecule has 1 fully saturated rings. The monoisotopic (exact) mass is 277 g/mol. The van der Waals surface area contributed by atoms with Gasteiger partial charge < -0.3 is 10.5 Å². The number of hydrogen-bond donors (Lipinski definition) is 1. The first-order valence-electron chi connectivity index (χ1n) is 6.58. The van der Waals surface area contributed by atoms with Gasteiger partial charge in [0.05, 0.1) is 12.6 Å². The Morgan fingerprint density at radius 3 is 3.05 bits per heavy atom. The summed E-state index contributed by atoms with van der Waals surface area (Å²) in [6, 6.07) is 4.23. The Hall–Kier alpha value is -2.02. The first-order valence-corrected chi connectivity index (χ1v) is 6.58. The van der Waals surface area contributed by atoms with Crippen molar-refractivity contribution in [3.8, 4) is 11.4 Å². The maximum absolute atomic E-state index is 13.1. The van der Waals surface area contributed by atoms with Crippen LogP contribution in [0.15, 0.2) is 18.2 Å². The minimum Gasteiger partial charge on any atom is -0.398 e. The molecule has 7 heteroatoms. The normalized spacial score (nSPS) is 22.3. The van der Waals surface area contributed by atoms with Crippen LogP contribution in [0, 0.1) is 11.7 Å². The van der Waals surface area contributed by atoms with Gasteiger partial charge in [-0.05, 0) is 42.0 Å². The minimum atomic E-state index is -0.372. The van der Waals surface area contributed by atoms with Crippen molar-refractivity contribution < 1.29 is 9.13 Å². The number of ether oxygens (including phenoxy) is 1. The highest BCUT2D eigenvalue weighted by atomic mass is 19.1. The summed E-state index contributed by atoms with van der Waals surface area (Å²) in [7, 11) is 0. The van der Waals surface area contributed by atoms with Crippen LogP contribution in [0.25, 0.3) is 11.4 Å². The van der Waals surface area contributed by atoms with Crippen molar-refractivity contribution in [3.05, 3.63) is 24.0 Å². The number of aromatic nitrogens is 4. The highest BCUT2D eigenvalue weighted by Crippen LogP contribution is 2.27. The molecule has 1 aliphatic rings. The maximum Gasteiger partial charge on any atom is 0.184 e. The lowest BCUT2D eigenvalue weighted by Crippen LogP contribution is -2.19. The summed E-state index contributed by atoms with van der Waals surface area (Å²) >= 11 is 0. The fourth-order valence-electron chi connectivity index (χ4n) is 2.50. The molecule has 1 saturated heterocycles. The smallest absolute Gasteiger partial charge is 0.184 e. The second-order valence-corrected chi connectivity index (χ2v) is 5.04. The highest BCUT2D eigenvalue weighted by Gasteiger charge is 2.26. The third-order valence-corrected chi connectivity index (χ3v) is 3.73. The van der Waals surface area contributed by atoms with E-state index in [1.807, 2.05) is 6.92 Å². The third-order valence-electron chi connectivity index (χ3n) is 3.73. The number of tetrazole rings is 1. The topological polar surface area (TPSA) is 78.8 Å². The van der Waals surface area contributed by atoms with Crippen LogP contribution in [0.4, 0.5) is 10.1 Å². The first-order chi connectivity index (χ1) is 9.65. The van der Waals surface area contributed by atoms with Crippen molar-refractivity contribution in [2.24, 2.45) is 5.92 Å². The van der Waals surface area contributed by atoms with Crippen LogP contribution < -0.4 is 5.73 Å². The van der Waals surface area contributed by atoms with Gasteiger partial charge >= 0.3 is 0 Å². The Morgan fingerprint density at radius 2 is 2.35 bits per heavy atom. The molecule has 2 N–H and O–H groups in total. The lowest BCUT2D eigenvalue weighted by atomic mass is 10.0. The van der Waals surface area contributed by atoms with E-state index in [1.54, 1.807) is 10.7 Å². The number of rotatable bonds is 3. The number of halogens is 1. The molecule has 2 unspecified atom stereocenters. The molecule has 3 rings (SSSR count). The van der Waals surface area contributed by atoms with Crippen LogP contribution >= 0.6 is 0 Å². The predicted molar refractivity (Wildman–Crippen MR) is 71.1 cm³/mol. The van der Waals surface area contributed by atoms with Gasteiger partial charge in [0.1, 0.15) is 5.82 Å². The fraction of sp³-hybridized carbons (Fsp3) is 0.462. The summed E-state index contributed by atoms with van der Waals surface area (Å²) in [5.41, 5.74) is 6.82. The Kier molecular flexibility index (Phi) is 3.35. The zero-order valence-corrected chi connectivity index (χ0v) is 11.2. The van der Waals surface area contributed by atoms with Crippen LogP contribution in [0.3, 0.4) is 0 Å². The molecule has 20 heavy (non-hydrogen) atoms. The lowest BCUT2D eigenvalue weighted by Gasteiger charge is -2.14. The number of anilines is 1. The number of benzene rings is 1. The van der Waals surface area contributed by atoms with Crippen molar-refractivity contribution in [2.75, 3.05) is 12.3 Å². The van der Waals surface area contributed by atoms with Gasteiger partial charge in [-0.2, -0.15) is 0 Å². The molecular formula is C13H16FN5O. The molecule has 2 heterocycles. The summed E-state index contributed by atoms with van der Waals surface area (Å²) in [6.45, 7) is 3.48. The van der Waals surface area contributed by atoms with E-state index in [9.17, 15) is 4.39 Å². The van der Waals surface area contributed by atoms with Crippen molar-refractivity contribution >= 4 is 5.69 Å². The predicted octanol–water partition coefficient (Wildman–Crippen LogP) is 1.49. The van der Waals surface area contributed by atoms with Crippen molar-refractivity contribution in [1.82, 2.24) is 20.2 Å². The minimum absolute atomic E-state index is 0.192. The van der Waals surface area contributed by atoms with Crippen molar-refractivity contribution in [2.45, 2.75) is 26.0 Å². The molecule has 0 saturated carbocycles. The third kappa shape index (κ3) is 2.36. The van der Waals surface area contributed by atoms with Gasteiger partial charge in [-0.3, -0.25) is 0 Å². The second kappa shape index (κ2) is 5.16. The van der Waals surface area contributed by atoms with E-state index >= 15 is 0 Å². The molecule has 0 radical (unpaired) electrons. The van der Waals surface area contributed by atoms with E-state index in [0.29, 0.717) is 29.5 Å². The Labute approximate surface area is 115 Å². The maximum atomic E-state index is 13.1. The fourth-order valence-corrected chi connectivity index (χ4v) is 2.50. The second-order valence-electron chi connectivity index (χ2n) is 5.04. The summed E-state index contributed by atoms with van der Waals surface area (Å²) in [4.78, 5) is 0. The summed E-state index contributed by atoms with van der Waals surface area (Å²) in [6.07, 6.45) is 1.18. The van der Waals surface area contributed by atoms with E-state index in [1.165, 1.54) is 12.1 Å². The van der Waals surface area contributed by atoms with Crippen LogP contribution in [-0.4, -0.2) is 32.9 Å². The number of nitrogens with zero attached hydrogens (tertiary/aromatic N) is 4. The van der Waals surface area contributed by atoms with Gasteiger partial charge in [-0.1, -0.05) is 0 Å². The molecule has 1 aromatic carbocycles. The zero-order chi connectivity index (χ0) is 14.1. The molecule has 1 aliphatic heterocycles. The Morgan fingerprint density at radius 1 is 1.50 bits per heavy atom. The average molecular weight is 277 g/mol. The summed E-state index contributed by atoms with van der Waals surface area (Å²) in [5.74, 6) is 0.559. The molecule has 0 spiro atoms. The molecule has 106 valence electrons. The number of nitrogen functional groups attached to an aromatic ring is 1. The van der Waals surface area contributed by atoms with Gasteiger partial charge in [0.25, 0.3) is 0 Å². The molecule has 0 bridgehead atoms. The van der Waals surface area contributed by atoms with E-state index in [0.717, 1.165) is 13.0 Å². The molecule has 2 aromatic rings. The van der Waals surface area contributed by atoms with Gasteiger partial charge in [-0.25, -0.2) is 9.07 Å². The lowest BCUT2D eigenvalue weighted by molar-refractivity contribution is 0.101. The van der Waals surface area contributed by atoms with Crippen LogP contribution in [0.5, 0.6) is 0 Å². The average Bonchev–Trinajstić information content (AvgIpc) is 3.01. The highest BCUT2D eigenvalue weighted by molar-refractivity contribution is 5.71. The Bertz CT molecular complexity index is 615. The zero-order valence-electron chi connectivity index (χ0n) is 11.2. The first kappa shape index (κ1) is 13.0. The van der Waals surface area contributed by atoms with E-state index < -0.39 is 0 Å². The number of nitrogens with two attached hydrogens (primary N) is 1. The van der Waals surface area contributed by atoms with Crippen LogP contribution in [0.2, 0.25) is 0 Å². The molecule has 0 aliphatic carbocycles. The molecule has 0 amide bonds. The van der Waals surface area contributed by atoms with Crippen LogP contribution in [0.1, 0.15) is 13.3 Å². The van der Waals surface area contributed by atoms with E-state index in [-0.39, 0.29) is 11.9 Å². The molecular weight excluding hydrogens is 261 g/mol. The standard InChI is InChI=1S/C13H16FN5O/c1-8-9(4-5-20-8)7-19-13(16-17-18-19)11-3-2-10(14)6-12(11)15/h2-3,6,8-9H,4-5,7,15H2,1H3. The van der Waals surface area contributed by atoms with E-state index in [4.69, 9.17) is 10.5 Å². The van der Waals surface area contributed by atoms with E-state index in [2.05, 4.69) is 15.5 Å². The van der Waals surface area contributed by atoms with Gasteiger partial charge in [0.2, 0.25) is 0 Å². The van der Waals surface area contributed by atoms with Crippen molar-refractivity contribution in [3.63, 3.8) is 0 Å². The largest absolute Gasteiger partial charge is 0.398 e. The Balaban J connectivity index is 1.89. The SMILES string of the molecule is CC1OCCC1Cn1nnnc1-c1ccc(F)cc1N. The van der Waals surface area contributed by atoms with Gasteiger partial charge in [0.15, 0.2) is 5.82 Å². The molecule has 6 nitrogen and oxygen atoms in total. The van der Waals surface area contributed by atoms with Gasteiger partial charge in [-0.15, -0.1) is 5.10 Å². The van der Waals surface area contributed by atoms with Crippen molar-refractivity contribution in [1.29, 1.82) is 0 Å². The summed E-state index contributed by atoms with van der Waals surface area (Å²) < 4.78 is 20.4. The van der Waals surface area contributed by atoms with Crippen LogP contribution in [-0.2, 0) is 11.3 Å². The summed E-state index contributed by atoms with van der Waals surface area (Å²) in [5, 5.41) is 11.7. The molecule has 2 atom stereocenters. The quantitative estimate of drug-likeness (QED) is 0.860. The molecule has 1 aromatic heterocycles. The number of hydrogen-bond acceptors (Lipinski definition) is 5. The van der Waals surface area contributed by atoms with Gasteiger partial charge in [0, 0.05) is 23.8 Å².